The van der Waals surface area contributed by atoms with Crippen molar-refractivity contribution in [3.05, 3.63) is 30.0 Å². The van der Waals surface area contributed by atoms with Crippen molar-refractivity contribution in [3.8, 4) is 0 Å². The van der Waals surface area contributed by atoms with Gasteiger partial charge in [-0.2, -0.15) is 5.10 Å². The van der Waals surface area contributed by atoms with Gasteiger partial charge in [-0.1, -0.05) is 50.3 Å². The summed E-state index contributed by atoms with van der Waals surface area (Å²) in [7, 11) is 0. The summed E-state index contributed by atoms with van der Waals surface area (Å²) >= 11 is 0. The molecule has 1 aliphatic carbocycles. The van der Waals surface area contributed by atoms with E-state index in [-0.39, 0.29) is 5.91 Å². The average molecular weight is 297 g/mol. The van der Waals surface area contributed by atoms with E-state index in [4.69, 9.17) is 0 Å². The van der Waals surface area contributed by atoms with E-state index in [2.05, 4.69) is 15.5 Å². The van der Waals surface area contributed by atoms with Gasteiger partial charge < -0.3 is 5.32 Å². The lowest BCUT2D eigenvalue weighted by atomic mass is 9.86. The Labute approximate surface area is 131 Å². The van der Waals surface area contributed by atoms with Crippen molar-refractivity contribution in [3.63, 3.8) is 0 Å². The molecule has 3 rings (SSSR count). The zero-order valence-electron chi connectivity index (χ0n) is 13.1. The minimum absolute atomic E-state index is 0.0515. The molecule has 4 nitrogen and oxygen atoms in total. The zero-order chi connectivity index (χ0) is 15.4. The van der Waals surface area contributed by atoms with Gasteiger partial charge in [-0.3, -0.25) is 4.79 Å². The van der Waals surface area contributed by atoms with Crippen LogP contribution in [0.15, 0.2) is 24.4 Å². The Morgan fingerprint density at radius 3 is 2.91 bits per heavy atom. The van der Waals surface area contributed by atoms with E-state index in [9.17, 15) is 4.79 Å². The lowest BCUT2D eigenvalue weighted by Crippen LogP contribution is -2.16. The molecule has 22 heavy (non-hydrogen) atoms. The average Bonchev–Trinajstić information content (AvgIpc) is 2.54. The molecule has 0 atom stereocenters. The van der Waals surface area contributed by atoms with Crippen LogP contribution in [0.2, 0.25) is 0 Å². The van der Waals surface area contributed by atoms with Crippen LogP contribution < -0.4 is 5.32 Å². The minimum Gasteiger partial charge on any atom is -0.309 e. The van der Waals surface area contributed by atoms with Crippen LogP contribution in [0.25, 0.3) is 10.8 Å². The number of hydrogen-bond donors (Lipinski definition) is 1. The van der Waals surface area contributed by atoms with Crippen LogP contribution in [-0.4, -0.2) is 16.1 Å². The highest BCUT2D eigenvalue weighted by atomic mass is 16.1. The first-order valence-corrected chi connectivity index (χ1v) is 8.25. The van der Waals surface area contributed by atoms with Crippen molar-refractivity contribution in [2.24, 2.45) is 5.92 Å². The lowest BCUT2D eigenvalue weighted by molar-refractivity contribution is -0.116. The first kappa shape index (κ1) is 14.9. The second-order valence-electron chi connectivity index (χ2n) is 6.32. The third-order valence-corrected chi connectivity index (χ3v) is 4.66. The molecule has 1 heterocycles. The molecule has 1 aliphatic rings. The highest BCUT2D eigenvalue weighted by Gasteiger charge is 2.16. The number of aromatic nitrogens is 2. The van der Waals surface area contributed by atoms with Gasteiger partial charge in [-0.15, -0.1) is 5.10 Å². The molecule has 0 spiro atoms. The maximum absolute atomic E-state index is 12.2. The molecule has 2 aromatic rings. The van der Waals surface area contributed by atoms with Crippen LogP contribution in [-0.2, 0) is 4.79 Å². The molecule has 1 aromatic carbocycles. The standard InChI is InChI=1S/C18H23N3O/c1-13-6-5-9-15-12-19-21-18(17(13)15)20-16(22)11-10-14-7-3-2-4-8-14/h5-6,9,12,14H,2-4,7-8,10-11H2,1H3,(H,20,21,22). The number of nitrogens with one attached hydrogen (secondary N) is 1. The quantitative estimate of drug-likeness (QED) is 0.918. The van der Waals surface area contributed by atoms with Gasteiger partial charge in [0.25, 0.3) is 0 Å². The van der Waals surface area contributed by atoms with Gasteiger partial charge in [0.15, 0.2) is 5.82 Å². The number of fused-ring (bicyclic) bond motifs is 1. The van der Waals surface area contributed by atoms with Crippen LogP contribution in [0.1, 0.15) is 50.5 Å². The number of aryl methyl sites for hydroxylation is 1. The molecule has 0 radical (unpaired) electrons. The molecule has 116 valence electrons. The molecule has 1 amide bonds. The number of anilines is 1. The van der Waals surface area contributed by atoms with Crippen molar-refractivity contribution in [2.45, 2.75) is 51.9 Å². The van der Waals surface area contributed by atoms with E-state index in [1.807, 2.05) is 25.1 Å². The van der Waals surface area contributed by atoms with E-state index in [0.717, 1.165) is 28.7 Å². The Balaban J connectivity index is 1.66. The first-order valence-electron chi connectivity index (χ1n) is 8.25. The van der Waals surface area contributed by atoms with Gasteiger partial charge in [0.2, 0.25) is 5.91 Å². The summed E-state index contributed by atoms with van der Waals surface area (Å²) in [4.78, 5) is 12.2. The molecular weight excluding hydrogens is 274 g/mol. The highest BCUT2D eigenvalue weighted by molar-refractivity contribution is 6.01. The fourth-order valence-electron chi connectivity index (χ4n) is 3.41. The topological polar surface area (TPSA) is 54.9 Å². The molecular formula is C18H23N3O. The summed E-state index contributed by atoms with van der Waals surface area (Å²) in [5.74, 6) is 1.36. The number of amides is 1. The van der Waals surface area contributed by atoms with Crippen LogP contribution in [0, 0.1) is 12.8 Å². The Morgan fingerprint density at radius 2 is 2.09 bits per heavy atom. The van der Waals surface area contributed by atoms with Gasteiger partial charge in [0, 0.05) is 17.2 Å². The molecule has 1 N–H and O–H groups in total. The van der Waals surface area contributed by atoms with Gasteiger partial charge >= 0.3 is 0 Å². The SMILES string of the molecule is Cc1cccc2cnnc(NC(=O)CCC3CCCCC3)c12. The Hall–Kier alpha value is -1.97. The number of carbonyl (C=O) groups excluding carboxylic acids is 1. The number of hydrogen-bond acceptors (Lipinski definition) is 3. The van der Waals surface area contributed by atoms with E-state index in [1.54, 1.807) is 6.20 Å². The minimum atomic E-state index is 0.0515. The van der Waals surface area contributed by atoms with Crippen LogP contribution in [0.3, 0.4) is 0 Å². The zero-order valence-corrected chi connectivity index (χ0v) is 13.1. The van der Waals surface area contributed by atoms with Crippen LogP contribution in [0.5, 0.6) is 0 Å². The second kappa shape index (κ2) is 6.86. The molecule has 0 unspecified atom stereocenters. The smallest absolute Gasteiger partial charge is 0.225 e. The maximum atomic E-state index is 12.2. The fraction of sp³-hybridized carbons (Fsp3) is 0.500. The lowest BCUT2D eigenvalue weighted by Gasteiger charge is -2.21. The summed E-state index contributed by atoms with van der Waals surface area (Å²) in [5.41, 5.74) is 1.11. The summed E-state index contributed by atoms with van der Waals surface area (Å²) < 4.78 is 0. The summed E-state index contributed by atoms with van der Waals surface area (Å²) in [5, 5.41) is 13.1. The van der Waals surface area contributed by atoms with Gasteiger partial charge in [0.05, 0.1) is 6.20 Å². The predicted molar refractivity (Wildman–Crippen MR) is 88.7 cm³/mol. The third-order valence-electron chi connectivity index (χ3n) is 4.66. The number of carbonyl (C=O) groups is 1. The molecule has 1 saturated carbocycles. The van der Waals surface area contributed by atoms with Gasteiger partial charge in [-0.25, -0.2) is 0 Å². The summed E-state index contributed by atoms with van der Waals surface area (Å²) in [6.45, 7) is 2.03. The van der Waals surface area contributed by atoms with Gasteiger partial charge in [0.1, 0.15) is 0 Å². The number of rotatable bonds is 4. The fourth-order valence-corrected chi connectivity index (χ4v) is 3.41. The Morgan fingerprint density at radius 1 is 1.27 bits per heavy atom. The molecule has 4 heteroatoms. The number of benzene rings is 1. The van der Waals surface area contributed by atoms with Crippen LogP contribution >= 0.6 is 0 Å². The maximum Gasteiger partial charge on any atom is 0.225 e. The van der Waals surface area contributed by atoms with Crippen molar-refractivity contribution in [2.75, 3.05) is 5.32 Å². The largest absolute Gasteiger partial charge is 0.309 e. The van der Waals surface area contributed by atoms with Crippen LogP contribution in [0.4, 0.5) is 5.82 Å². The highest BCUT2D eigenvalue weighted by Crippen LogP contribution is 2.28. The summed E-state index contributed by atoms with van der Waals surface area (Å²) in [6, 6.07) is 6.02. The third kappa shape index (κ3) is 3.43. The Kier molecular flexibility index (Phi) is 4.66. The van der Waals surface area contributed by atoms with E-state index < -0.39 is 0 Å². The number of nitrogens with zero attached hydrogens (tertiary/aromatic N) is 2. The summed E-state index contributed by atoms with van der Waals surface area (Å²) in [6.07, 6.45) is 9.85. The van der Waals surface area contributed by atoms with Crippen molar-refractivity contribution in [1.29, 1.82) is 0 Å². The van der Waals surface area contributed by atoms with E-state index in [1.165, 1.54) is 32.1 Å². The van der Waals surface area contributed by atoms with E-state index >= 15 is 0 Å². The normalized spacial score (nSPS) is 15.9. The van der Waals surface area contributed by atoms with Crippen molar-refractivity contribution in [1.82, 2.24) is 10.2 Å². The monoisotopic (exact) mass is 297 g/mol. The van der Waals surface area contributed by atoms with E-state index in [0.29, 0.717) is 12.2 Å². The van der Waals surface area contributed by atoms with Crippen molar-refractivity contribution < 1.29 is 4.79 Å². The molecule has 0 bridgehead atoms. The predicted octanol–water partition coefficient (Wildman–Crippen LogP) is 4.24. The molecule has 1 fully saturated rings. The molecule has 0 saturated heterocycles. The first-order chi connectivity index (χ1) is 10.7. The van der Waals surface area contributed by atoms with Crippen molar-refractivity contribution >= 4 is 22.5 Å². The molecule has 1 aromatic heterocycles. The second-order valence-corrected chi connectivity index (χ2v) is 6.32. The molecule has 0 aliphatic heterocycles. The van der Waals surface area contributed by atoms with Gasteiger partial charge in [-0.05, 0) is 24.8 Å². The Bertz CT molecular complexity index is 657.